The van der Waals surface area contributed by atoms with Crippen LogP contribution in [0.5, 0.6) is 5.75 Å². The molecule has 0 atom stereocenters. The number of carbonyl (C=O) groups is 2. The summed E-state index contributed by atoms with van der Waals surface area (Å²) in [5.41, 5.74) is 0.539. The normalized spacial score (nSPS) is 10.8. The molecule has 0 saturated carbocycles. The van der Waals surface area contributed by atoms with Gasteiger partial charge in [0.2, 0.25) is 5.91 Å². The quantitative estimate of drug-likeness (QED) is 0.333. The minimum Gasteiger partial charge on any atom is -0.486 e. The van der Waals surface area contributed by atoms with Crippen molar-refractivity contribution in [2.24, 2.45) is 7.05 Å². The number of halogens is 2. The van der Waals surface area contributed by atoms with Crippen LogP contribution in [0.15, 0.2) is 28.7 Å². The molecule has 3 aromatic rings. The van der Waals surface area contributed by atoms with Crippen molar-refractivity contribution in [3.05, 3.63) is 45.9 Å². The van der Waals surface area contributed by atoms with Gasteiger partial charge in [-0.25, -0.2) is 9.37 Å². The van der Waals surface area contributed by atoms with Crippen LogP contribution in [0, 0.1) is 5.82 Å². The number of rotatable bonds is 10. The number of ether oxygens (including phenoxy) is 2. The molecule has 0 saturated heterocycles. The summed E-state index contributed by atoms with van der Waals surface area (Å²) in [4.78, 5) is 27.9. The molecule has 170 valence electrons. The average molecular weight is 500 g/mol. The third kappa shape index (κ3) is 6.65. The minimum absolute atomic E-state index is 0.0315. The molecule has 9 nitrogen and oxygen atoms in total. The molecule has 0 unspecified atom stereocenters. The number of hydrogen-bond donors (Lipinski definition) is 1. The summed E-state index contributed by atoms with van der Waals surface area (Å²) in [6, 6.07) is 4.06. The molecular formula is C19H19ClFN5O4S2. The molecule has 0 aliphatic heterocycles. The largest absolute Gasteiger partial charge is 0.486 e. The summed E-state index contributed by atoms with van der Waals surface area (Å²) >= 11 is 8.17. The number of thioether (sulfide) groups is 1. The lowest BCUT2D eigenvalue weighted by Crippen LogP contribution is -2.15. The molecule has 1 amide bonds. The van der Waals surface area contributed by atoms with Gasteiger partial charge in [-0.3, -0.25) is 9.59 Å². The summed E-state index contributed by atoms with van der Waals surface area (Å²) in [5.74, 6) is -0.143. The lowest BCUT2D eigenvalue weighted by molar-refractivity contribution is -0.142. The van der Waals surface area contributed by atoms with Crippen molar-refractivity contribution in [3.8, 4) is 5.75 Å². The van der Waals surface area contributed by atoms with Crippen LogP contribution >= 0.6 is 34.7 Å². The van der Waals surface area contributed by atoms with Crippen LogP contribution in [0.1, 0.15) is 18.4 Å². The molecule has 0 aliphatic rings. The van der Waals surface area contributed by atoms with Gasteiger partial charge in [-0.15, -0.1) is 21.5 Å². The molecule has 0 fully saturated rings. The third-order valence-corrected chi connectivity index (χ3v) is 6.06. The maximum absolute atomic E-state index is 13.2. The van der Waals surface area contributed by atoms with Crippen LogP contribution in [0.25, 0.3) is 0 Å². The van der Waals surface area contributed by atoms with E-state index in [0.717, 1.165) is 0 Å². The van der Waals surface area contributed by atoms with Crippen molar-refractivity contribution < 1.29 is 23.5 Å². The molecule has 1 N–H and O–H groups in total. The lowest BCUT2D eigenvalue weighted by Gasteiger charge is -2.07. The van der Waals surface area contributed by atoms with Gasteiger partial charge in [0.05, 0.1) is 29.5 Å². The number of benzene rings is 1. The zero-order valence-corrected chi connectivity index (χ0v) is 19.5. The van der Waals surface area contributed by atoms with E-state index in [1.165, 1.54) is 41.3 Å². The van der Waals surface area contributed by atoms with Gasteiger partial charge in [0.1, 0.15) is 18.2 Å². The number of nitrogens with zero attached hydrogens (tertiary/aromatic N) is 4. The smallest absolute Gasteiger partial charge is 0.311 e. The van der Waals surface area contributed by atoms with E-state index in [4.69, 9.17) is 21.1 Å². The molecule has 0 spiro atoms. The number of carbonyl (C=O) groups excluding carboxylic acids is 2. The van der Waals surface area contributed by atoms with Gasteiger partial charge >= 0.3 is 5.97 Å². The second-order valence-corrected chi connectivity index (χ2v) is 8.49. The van der Waals surface area contributed by atoms with Gasteiger partial charge in [0.15, 0.2) is 16.1 Å². The highest BCUT2D eigenvalue weighted by Crippen LogP contribution is 2.23. The number of hydrogen-bond acceptors (Lipinski definition) is 9. The Morgan fingerprint density at radius 3 is 2.91 bits per heavy atom. The predicted molar refractivity (Wildman–Crippen MR) is 119 cm³/mol. The first-order valence-electron chi connectivity index (χ1n) is 9.34. The fourth-order valence-electron chi connectivity index (χ4n) is 2.40. The lowest BCUT2D eigenvalue weighted by atomic mass is 10.3. The van der Waals surface area contributed by atoms with Crippen LogP contribution in [0.2, 0.25) is 5.02 Å². The fraction of sp³-hybridized carbons (Fsp3) is 0.316. The van der Waals surface area contributed by atoms with E-state index < -0.39 is 5.82 Å². The van der Waals surface area contributed by atoms with Gasteiger partial charge < -0.3 is 19.4 Å². The van der Waals surface area contributed by atoms with E-state index >= 15 is 0 Å². The van der Waals surface area contributed by atoms with E-state index in [9.17, 15) is 14.0 Å². The van der Waals surface area contributed by atoms with Gasteiger partial charge in [-0.05, 0) is 19.1 Å². The van der Waals surface area contributed by atoms with Crippen molar-refractivity contribution in [1.29, 1.82) is 0 Å². The number of aromatic nitrogens is 4. The second kappa shape index (κ2) is 11.2. The zero-order chi connectivity index (χ0) is 23.1. The predicted octanol–water partition coefficient (Wildman–Crippen LogP) is 3.48. The highest BCUT2D eigenvalue weighted by Gasteiger charge is 2.14. The van der Waals surface area contributed by atoms with Gasteiger partial charge in [-0.1, -0.05) is 23.4 Å². The number of thiazole rings is 1. The first-order valence-corrected chi connectivity index (χ1v) is 11.6. The Bertz CT molecular complexity index is 1110. The maximum Gasteiger partial charge on any atom is 0.311 e. The Morgan fingerprint density at radius 1 is 1.34 bits per heavy atom. The Hall–Kier alpha value is -2.70. The monoisotopic (exact) mass is 499 g/mol. The van der Waals surface area contributed by atoms with E-state index in [2.05, 4.69) is 20.5 Å². The Kier molecular flexibility index (Phi) is 8.42. The van der Waals surface area contributed by atoms with E-state index in [-0.39, 0.29) is 35.7 Å². The molecule has 2 heterocycles. The van der Waals surface area contributed by atoms with Crippen LogP contribution in [-0.4, -0.2) is 44.0 Å². The van der Waals surface area contributed by atoms with E-state index in [1.807, 2.05) is 0 Å². The fourth-order valence-corrected chi connectivity index (χ4v) is 4.03. The Balaban J connectivity index is 1.48. The van der Waals surface area contributed by atoms with Crippen LogP contribution < -0.4 is 10.1 Å². The Morgan fingerprint density at radius 2 is 2.16 bits per heavy atom. The highest BCUT2D eigenvalue weighted by molar-refractivity contribution is 7.99. The molecule has 13 heteroatoms. The summed E-state index contributed by atoms with van der Waals surface area (Å²) in [5, 5.41) is 13.4. The van der Waals surface area contributed by atoms with Crippen LogP contribution in [0.3, 0.4) is 0 Å². The topological polar surface area (TPSA) is 108 Å². The summed E-state index contributed by atoms with van der Waals surface area (Å²) in [6.45, 7) is 2.14. The Labute approximate surface area is 196 Å². The van der Waals surface area contributed by atoms with E-state index in [1.54, 1.807) is 23.9 Å². The number of nitrogens with one attached hydrogen (secondary N) is 1. The van der Waals surface area contributed by atoms with Crippen LogP contribution in [-0.2, 0) is 34.4 Å². The molecule has 3 rings (SSSR count). The van der Waals surface area contributed by atoms with Crippen molar-refractivity contribution in [1.82, 2.24) is 19.7 Å². The van der Waals surface area contributed by atoms with Crippen LogP contribution in [0.4, 0.5) is 9.52 Å². The summed E-state index contributed by atoms with van der Waals surface area (Å²) in [7, 11) is 1.75. The molecule has 0 bridgehead atoms. The molecule has 1 aromatic carbocycles. The molecular weight excluding hydrogens is 481 g/mol. The number of anilines is 1. The van der Waals surface area contributed by atoms with Crippen molar-refractivity contribution in [2.45, 2.75) is 25.1 Å². The third-order valence-electron chi connectivity index (χ3n) is 3.95. The minimum atomic E-state index is -0.525. The van der Waals surface area contributed by atoms with Crippen molar-refractivity contribution in [2.75, 3.05) is 17.7 Å². The van der Waals surface area contributed by atoms with Crippen molar-refractivity contribution >= 4 is 51.7 Å². The maximum atomic E-state index is 13.2. The molecule has 2 aromatic heterocycles. The van der Waals surface area contributed by atoms with Gasteiger partial charge in [0, 0.05) is 18.5 Å². The average Bonchev–Trinajstić information content (AvgIpc) is 3.33. The van der Waals surface area contributed by atoms with Crippen molar-refractivity contribution in [3.63, 3.8) is 0 Å². The SMILES string of the molecule is CCOC(=O)Cc1csc(NC(=O)CSc2nnc(COc3ccc(F)c(Cl)c3)n2C)n1. The standard InChI is InChI=1S/C19H19ClFN5O4S2/c1-3-29-17(28)6-11-9-31-18(22-11)23-16(27)10-32-19-25-24-15(26(19)2)8-30-12-4-5-14(21)13(20)7-12/h4-5,7,9H,3,6,8,10H2,1-2H3,(H,22,23,27). The molecule has 32 heavy (non-hydrogen) atoms. The van der Waals surface area contributed by atoms with Gasteiger partial charge in [-0.2, -0.15) is 0 Å². The number of amides is 1. The number of esters is 1. The first-order chi connectivity index (χ1) is 15.4. The molecule has 0 aliphatic carbocycles. The summed E-state index contributed by atoms with van der Waals surface area (Å²) < 4.78 is 25.4. The first kappa shape index (κ1) is 24.0. The molecule has 0 radical (unpaired) electrons. The van der Waals surface area contributed by atoms with E-state index in [0.29, 0.717) is 34.2 Å². The summed E-state index contributed by atoms with van der Waals surface area (Å²) in [6.07, 6.45) is 0.0584. The zero-order valence-electron chi connectivity index (χ0n) is 17.1. The highest BCUT2D eigenvalue weighted by atomic mass is 35.5. The van der Waals surface area contributed by atoms with Gasteiger partial charge in [0.25, 0.3) is 0 Å². The second-order valence-electron chi connectivity index (χ2n) is 6.29.